The van der Waals surface area contributed by atoms with Gasteiger partial charge in [0.15, 0.2) is 0 Å². The molecule has 0 spiro atoms. The Morgan fingerprint density at radius 3 is 2.00 bits per heavy atom. The van der Waals surface area contributed by atoms with E-state index in [1.165, 1.54) is 10.5 Å². The molecule has 1 nitrogen and oxygen atoms in total. The summed E-state index contributed by atoms with van der Waals surface area (Å²) < 4.78 is 0. The van der Waals surface area contributed by atoms with Crippen LogP contribution in [0.4, 0.5) is 0 Å². The molecule has 48 valence electrons. The summed E-state index contributed by atoms with van der Waals surface area (Å²) >= 11 is 0. The fourth-order valence-electron chi connectivity index (χ4n) is 0.408. The van der Waals surface area contributed by atoms with Gasteiger partial charge in [-0.05, 0) is 19.9 Å². The standard InChI is InChI=1S/C7H15N/c1-7(2)5-6-8(3)4/h5H,6H2,1-4H3/p+1. The molecule has 0 saturated heterocycles. The zero-order valence-electron chi connectivity index (χ0n) is 6.28. The van der Waals surface area contributed by atoms with Crippen LogP contribution >= 0.6 is 0 Å². The Balaban J connectivity index is 3.29. The van der Waals surface area contributed by atoms with Crippen LogP contribution in [-0.2, 0) is 0 Å². The second-order valence-electron chi connectivity index (χ2n) is 2.69. The Morgan fingerprint density at radius 2 is 1.88 bits per heavy atom. The summed E-state index contributed by atoms with van der Waals surface area (Å²) in [5.74, 6) is 0. The molecule has 1 heteroatoms. The molecule has 0 fully saturated rings. The highest BCUT2D eigenvalue weighted by molar-refractivity contribution is 4.92. The second-order valence-corrected chi connectivity index (χ2v) is 2.69. The quantitative estimate of drug-likeness (QED) is 0.486. The molecule has 0 aromatic carbocycles. The summed E-state index contributed by atoms with van der Waals surface area (Å²) in [6.45, 7) is 5.40. The maximum Gasteiger partial charge on any atom is 0.0956 e. The molecule has 0 aliphatic rings. The van der Waals surface area contributed by atoms with E-state index in [0.717, 1.165) is 6.54 Å². The maximum atomic E-state index is 2.25. The van der Waals surface area contributed by atoms with Crippen molar-refractivity contribution >= 4 is 0 Å². The van der Waals surface area contributed by atoms with Gasteiger partial charge in [-0.1, -0.05) is 5.57 Å². The molecule has 0 amide bonds. The van der Waals surface area contributed by atoms with Gasteiger partial charge in [-0.2, -0.15) is 0 Å². The topological polar surface area (TPSA) is 4.44 Å². The molecule has 0 heterocycles. The molecular weight excluding hydrogens is 98.1 g/mol. The highest BCUT2D eigenvalue weighted by Gasteiger charge is 1.84. The van der Waals surface area contributed by atoms with Gasteiger partial charge in [0, 0.05) is 0 Å². The molecule has 0 unspecified atom stereocenters. The molecule has 0 aromatic rings. The first-order chi connectivity index (χ1) is 3.63. The molecule has 0 aromatic heterocycles. The molecule has 0 aliphatic carbocycles. The summed E-state index contributed by atoms with van der Waals surface area (Å²) in [6.07, 6.45) is 2.25. The van der Waals surface area contributed by atoms with Crippen molar-refractivity contribution in [2.45, 2.75) is 13.8 Å². The average molecular weight is 114 g/mol. The number of allylic oxidation sites excluding steroid dienone is 1. The third kappa shape index (κ3) is 5.70. The minimum atomic E-state index is 1.14. The van der Waals surface area contributed by atoms with Crippen molar-refractivity contribution < 1.29 is 4.90 Å². The van der Waals surface area contributed by atoms with Crippen LogP contribution in [0.15, 0.2) is 11.6 Å². The van der Waals surface area contributed by atoms with Crippen molar-refractivity contribution in [1.82, 2.24) is 0 Å². The summed E-state index contributed by atoms with van der Waals surface area (Å²) in [5, 5.41) is 0. The van der Waals surface area contributed by atoms with E-state index in [0.29, 0.717) is 0 Å². The summed E-state index contributed by atoms with van der Waals surface area (Å²) in [6, 6.07) is 0. The Kier molecular flexibility index (Phi) is 3.53. The van der Waals surface area contributed by atoms with Crippen LogP contribution in [0.5, 0.6) is 0 Å². The number of likely N-dealkylation sites (N-methyl/N-ethyl adjacent to an activating group) is 1. The zero-order chi connectivity index (χ0) is 6.57. The van der Waals surface area contributed by atoms with E-state index in [-0.39, 0.29) is 0 Å². The van der Waals surface area contributed by atoms with Crippen LogP contribution in [0.1, 0.15) is 13.8 Å². The number of rotatable bonds is 2. The number of hydrogen-bond donors (Lipinski definition) is 1. The summed E-state index contributed by atoms with van der Waals surface area (Å²) in [5.41, 5.74) is 1.41. The van der Waals surface area contributed by atoms with E-state index in [4.69, 9.17) is 0 Å². The largest absolute Gasteiger partial charge is 0.337 e. The van der Waals surface area contributed by atoms with E-state index >= 15 is 0 Å². The monoisotopic (exact) mass is 114 g/mol. The molecule has 0 aliphatic heterocycles. The minimum absolute atomic E-state index is 1.14. The van der Waals surface area contributed by atoms with E-state index in [1.54, 1.807) is 0 Å². The lowest BCUT2D eigenvalue weighted by atomic mass is 10.3. The van der Waals surface area contributed by atoms with Crippen molar-refractivity contribution in [2.75, 3.05) is 20.6 Å². The lowest BCUT2D eigenvalue weighted by Crippen LogP contribution is -3.05. The molecule has 1 N–H and O–H groups in total. The third-order valence-electron chi connectivity index (χ3n) is 0.919. The lowest BCUT2D eigenvalue weighted by molar-refractivity contribution is -0.851. The zero-order valence-corrected chi connectivity index (χ0v) is 6.28. The van der Waals surface area contributed by atoms with Gasteiger partial charge >= 0.3 is 0 Å². The molecular formula is C7H16N+. The van der Waals surface area contributed by atoms with Crippen molar-refractivity contribution in [3.8, 4) is 0 Å². The first kappa shape index (κ1) is 7.70. The van der Waals surface area contributed by atoms with Crippen LogP contribution in [0.3, 0.4) is 0 Å². The van der Waals surface area contributed by atoms with Gasteiger partial charge in [0.2, 0.25) is 0 Å². The van der Waals surface area contributed by atoms with E-state index in [1.807, 2.05) is 0 Å². The summed E-state index contributed by atoms with van der Waals surface area (Å²) in [4.78, 5) is 1.48. The lowest BCUT2D eigenvalue weighted by Gasteiger charge is -2.01. The minimum Gasteiger partial charge on any atom is -0.337 e. The van der Waals surface area contributed by atoms with Crippen LogP contribution < -0.4 is 4.90 Å². The van der Waals surface area contributed by atoms with Gasteiger partial charge in [0.05, 0.1) is 20.6 Å². The van der Waals surface area contributed by atoms with Crippen LogP contribution in [-0.4, -0.2) is 20.6 Å². The van der Waals surface area contributed by atoms with Gasteiger partial charge in [-0.15, -0.1) is 0 Å². The third-order valence-corrected chi connectivity index (χ3v) is 0.919. The van der Waals surface area contributed by atoms with Crippen molar-refractivity contribution in [2.24, 2.45) is 0 Å². The van der Waals surface area contributed by atoms with Gasteiger partial charge in [-0.25, -0.2) is 0 Å². The molecule has 0 saturated carbocycles. The number of hydrogen-bond acceptors (Lipinski definition) is 0. The van der Waals surface area contributed by atoms with Crippen LogP contribution in [0, 0.1) is 0 Å². The van der Waals surface area contributed by atoms with E-state index < -0.39 is 0 Å². The fraction of sp³-hybridized carbons (Fsp3) is 0.714. The van der Waals surface area contributed by atoms with Crippen molar-refractivity contribution in [3.63, 3.8) is 0 Å². The van der Waals surface area contributed by atoms with Crippen LogP contribution in [0.25, 0.3) is 0 Å². The predicted octanol–water partition coefficient (Wildman–Crippen LogP) is 0.0971. The van der Waals surface area contributed by atoms with Gasteiger partial charge in [0.25, 0.3) is 0 Å². The average Bonchev–Trinajstić information content (AvgIpc) is 1.61. The molecule has 0 rings (SSSR count). The first-order valence-electron chi connectivity index (χ1n) is 3.05. The van der Waals surface area contributed by atoms with E-state index in [9.17, 15) is 0 Å². The first-order valence-corrected chi connectivity index (χ1v) is 3.05. The van der Waals surface area contributed by atoms with Crippen molar-refractivity contribution in [1.29, 1.82) is 0 Å². The Hall–Kier alpha value is -0.300. The molecule has 0 bridgehead atoms. The molecule has 8 heavy (non-hydrogen) atoms. The highest BCUT2D eigenvalue weighted by atomic mass is 15.0. The SMILES string of the molecule is CC(C)=CC[NH+](C)C. The number of quaternary nitrogens is 1. The van der Waals surface area contributed by atoms with Gasteiger partial charge in [-0.3, -0.25) is 0 Å². The Morgan fingerprint density at radius 1 is 1.38 bits per heavy atom. The van der Waals surface area contributed by atoms with Gasteiger partial charge in [0.1, 0.15) is 0 Å². The van der Waals surface area contributed by atoms with Crippen molar-refractivity contribution in [3.05, 3.63) is 11.6 Å². The highest BCUT2D eigenvalue weighted by Crippen LogP contribution is 1.82. The fourth-order valence-corrected chi connectivity index (χ4v) is 0.408. The maximum absolute atomic E-state index is 2.25. The predicted molar refractivity (Wildman–Crippen MR) is 37.1 cm³/mol. The number of nitrogens with one attached hydrogen (secondary N) is 1. The van der Waals surface area contributed by atoms with Crippen LogP contribution in [0.2, 0.25) is 0 Å². The molecule has 0 radical (unpaired) electrons. The Labute approximate surface area is 52.0 Å². The van der Waals surface area contributed by atoms with Gasteiger partial charge < -0.3 is 4.90 Å². The van der Waals surface area contributed by atoms with E-state index in [2.05, 4.69) is 34.0 Å². The smallest absolute Gasteiger partial charge is 0.0956 e. The molecule has 0 atom stereocenters. The summed E-state index contributed by atoms with van der Waals surface area (Å²) in [7, 11) is 4.30. The second kappa shape index (κ2) is 3.67. The normalized spacial score (nSPS) is 9.62. The Bertz CT molecular complexity index is 78.4.